The lowest BCUT2D eigenvalue weighted by Crippen LogP contribution is -1.35. The van der Waals surface area contributed by atoms with Crippen LogP contribution in [0.25, 0.3) is 0 Å². The summed E-state index contributed by atoms with van der Waals surface area (Å²) in [4.78, 5) is 15.2. The maximum absolute atomic E-state index is 9.19. The summed E-state index contributed by atoms with van der Waals surface area (Å²) in [6.07, 6.45) is 0. The molecule has 0 fully saturated rings. The van der Waals surface area contributed by atoms with Crippen molar-refractivity contribution in [3.05, 3.63) is 0 Å². The monoisotopic (exact) mass is 203 g/mol. The van der Waals surface area contributed by atoms with E-state index in [2.05, 4.69) is 0 Å². The minimum Gasteiger partial charge on any atom is -0.346 e. The Bertz CT molecular complexity index is 76.5. The molecule has 0 saturated carbocycles. The largest absolute Gasteiger partial charge is 0.346 e. The highest BCUT2D eigenvalue weighted by molar-refractivity contribution is 7.37. The third-order valence-corrected chi connectivity index (χ3v) is 0. The van der Waals surface area contributed by atoms with E-state index in [0.717, 1.165) is 0 Å². The van der Waals surface area contributed by atoms with Crippen molar-refractivity contribution in [2.24, 2.45) is 0 Å². The Hall–Kier alpha value is 0.912. The second-order valence-electron chi connectivity index (χ2n) is 1.04. The molecule has 0 amide bonds. The van der Waals surface area contributed by atoms with Crippen LogP contribution >= 0.6 is 16.1 Å². The lowest BCUT2D eigenvalue weighted by molar-refractivity contribution is 0.508. The van der Waals surface area contributed by atoms with E-state index in [-0.39, 0.29) is 24.8 Å². The van der Waals surface area contributed by atoms with Crippen molar-refractivity contribution in [1.82, 2.24) is 0 Å². The molecular formula is C3H14AlO4P2. The van der Waals surface area contributed by atoms with Crippen LogP contribution in [-0.2, 0) is 9.13 Å². The molecule has 2 N–H and O–H groups in total. The molecule has 0 heterocycles. The third kappa shape index (κ3) is 670. The van der Waals surface area contributed by atoms with Crippen LogP contribution in [0.4, 0.5) is 0 Å². The summed E-state index contributed by atoms with van der Waals surface area (Å²) >= 11 is 0. The Balaban J connectivity index is -0.0000000300. The van der Waals surface area contributed by atoms with Gasteiger partial charge >= 0.3 is 0 Å². The Morgan fingerprint density at radius 2 is 1.00 bits per heavy atom. The molecule has 0 aromatic rings. The molecule has 2 atom stereocenters. The molecule has 3 radical (unpaired) electrons. The van der Waals surface area contributed by atoms with Crippen LogP contribution in [0.3, 0.4) is 0 Å². The molecule has 10 heavy (non-hydrogen) atoms. The average Bonchev–Trinajstić information content (AvgIpc) is 1.25. The Morgan fingerprint density at radius 3 is 1.00 bits per heavy atom. The van der Waals surface area contributed by atoms with Gasteiger partial charge in [-0.2, -0.15) is 0 Å². The van der Waals surface area contributed by atoms with Gasteiger partial charge in [0.1, 0.15) is 0 Å². The summed E-state index contributed by atoms with van der Waals surface area (Å²) in [5.41, 5.74) is 0. The second kappa shape index (κ2) is 16.5. The van der Waals surface area contributed by atoms with E-state index in [1.54, 1.807) is 0 Å². The quantitative estimate of drug-likeness (QED) is 0.442. The molecule has 7 heteroatoms. The van der Waals surface area contributed by atoms with Gasteiger partial charge in [-0.1, -0.05) is 7.43 Å². The van der Waals surface area contributed by atoms with Gasteiger partial charge in [-0.05, 0) is 0 Å². The lowest BCUT2D eigenvalue weighted by atomic mass is 12.0. The summed E-state index contributed by atoms with van der Waals surface area (Å²) in [7, 11) is -4.26. The van der Waals surface area contributed by atoms with Crippen molar-refractivity contribution in [3.63, 3.8) is 0 Å². The SMILES string of the molecule is C.C[PH](=O)O.C[PH](=O)O.[Al]. The first kappa shape index (κ1) is 22.4. The Morgan fingerprint density at radius 1 is 1.00 bits per heavy atom. The van der Waals surface area contributed by atoms with Crippen LogP contribution in [0.1, 0.15) is 7.43 Å². The van der Waals surface area contributed by atoms with Gasteiger partial charge < -0.3 is 9.79 Å². The van der Waals surface area contributed by atoms with Crippen molar-refractivity contribution in [2.75, 3.05) is 13.3 Å². The van der Waals surface area contributed by atoms with Gasteiger partial charge in [-0.25, -0.2) is 0 Å². The van der Waals surface area contributed by atoms with Crippen LogP contribution in [0, 0.1) is 0 Å². The number of hydrogen-bond donors (Lipinski definition) is 2. The van der Waals surface area contributed by atoms with Crippen LogP contribution in [0.5, 0.6) is 0 Å². The normalized spacial score (nSPS) is 12.4. The van der Waals surface area contributed by atoms with Crippen LogP contribution in [-0.4, -0.2) is 40.5 Å². The molecule has 2 unspecified atom stereocenters. The third-order valence-electron chi connectivity index (χ3n) is 0. The van der Waals surface area contributed by atoms with Gasteiger partial charge in [0, 0.05) is 30.7 Å². The van der Waals surface area contributed by atoms with Crippen LogP contribution in [0.2, 0.25) is 0 Å². The molecular weight excluding hydrogens is 189 g/mol. The van der Waals surface area contributed by atoms with Crippen molar-refractivity contribution in [3.8, 4) is 0 Å². The van der Waals surface area contributed by atoms with E-state index in [0.29, 0.717) is 0 Å². The fraction of sp³-hybridized carbons (Fsp3) is 1.00. The van der Waals surface area contributed by atoms with Crippen LogP contribution in [0.15, 0.2) is 0 Å². The molecule has 0 aromatic heterocycles. The minimum absolute atomic E-state index is 0. The molecule has 63 valence electrons. The summed E-state index contributed by atoms with van der Waals surface area (Å²) < 4.78 is 18.4. The van der Waals surface area contributed by atoms with Crippen molar-refractivity contribution < 1.29 is 18.9 Å². The highest BCUT2D eigenvalue weighted by Gasteiger charge is 1.60. The number of rotatable bonds is 0. The van der Waals surface area contributed by atoms with E-state index in [1.807, 2.05) is 0 Å². The van der Waals surface area contributed by atoms with E-state index in [9.17, 15) is 9.13 Å². The fourth-order valence-corrected chi connectivity index (χ4v) is 0. The molecule has 0 saturated heterocycles. The molecule has 4 nitrogen and oxygen atoms in total. The van der Waals surface area contributed by atoms with E-state index >= 15 is 0 Å². The summed E-state index contributed by atoms with van der Waals surface area (Å²) in [6, 6.07) is 0. The maximum atomic E-state index is 9.19. The molecule has 0 bridgehead atoms. The predicted octanol–water partition coefficient (Wildman–Crippen LogP) is 0.422. The van der Waals surface area contributed by atoms with Crippen LogP contribution < -0.4 is 0 Å². The smallest absolute Gasteiger partial charge is 0.186 e. The number of hydrogen-bond acceptors (Lipinski definition) is 2. The van der Waals surface area contributed by atoms with Crippen molar-refractivity contribution in [1.29, 1.82) is 0 Å². The Labute approximate surface area is 73.5 Å². The molecule has 0 aromatic carbocycles. The van der Waals surface area contributed by atoms with Gasteiger partial charge in [0.05, 0.1) is 0 Å². The lowest BCUT2D eigenvalue weighted by Gasteiger charge is -1.61. The van der Waals surface area contributed by atoms with Gasteiger partial charge in [0.2, 0.25) is 0 Å². The zero-order chi connectivity index (χ0) is 7.15. The van der Waals surface area contributed by atoms with Gasteiger partial charge in [-0.3, -0.25) is 9.13 Å². The predicted molar refractivity (Wildman–Crippen MR) is 46.8 cm³/mol. The molecule has 0 aliphatic rings. The second-order valence-corrected chi connectivity index (χ2v) is 3.11. The van der Waals surface area contributed by atoms with Gasteiger partial charge in [0.25, 0.3) is 0 Å². The highest BCUT2D eigenvalue weighted by Crippen LogP contribution is 2.00. The van der Waals surface area contributed by atoms with Crippen molar-refractivity contribution >= 4 is 33.4 Å². The first-order chi connectivity index (χ1) is 3.46. The highest BCUT2D eigenvalue weighted by atomic mass is 31.1. The minimum atomic E-state index is -2.13. The Kier molecular flexibility index (Phi) is 37.0. The first-order valence-corrected chi connectivity index (χ1v) is 5.57. The summed E-state index contributed by atoms with van der Waals surface area (Å²) in [5, 5.41) is 0. The molecule has 0 spiro atoms. The molecule has 0 rings (SSSR count). The zero-order valence-corrected chi connectivity index (χ0v) is 8.44. The van der Waals surface area contributed by atoms with Gasteiger partial charge in [0.15, 0.2) is 16.1 Å². The van der Waals surface area contributed by atoms with E-state index in [4.69, 9.17) is 9.79 Å². The van der Waals surface area contributed by atoms with Gasteiger partial charge in [-0.15, -0.1) is 0 Å². The van der Waals surface area contributed by atoms with E-state index < -0.39 is 16.1 Å². The maximum Gasteiger partial charge on any atom is 0.186 e. The zero-order valence-electron chi connectivity index (χ0n) is 5.29. The summed E-state index contributed by atoms with van der Waals surface area (Å²) in [5.74, 6) is 0. The molecule has 0 aliphatic carbocycles. The molecule has 0 aliphatic heterocycles. The fourth-order valence-electron chi connectivity index (χ4n) is 0. The first-order valence-electron chi connectivity index (χ1n) is 1.86. The average molecular weight is 203 g/mol. The summed E-state index contributed by atoms with van der Waals surface area (Å²) in [6.45, 7) is 2.54. The van der Waals surface area contributed by atoms with Crippen molar-refractivity contribution in [2.45, 2.75) is 7.43 Å². The topological polar surface area (TPSA) is 74.6 Å². The van der Waals surface area contributed by atoms with E-state index in [1.165, 1.54) is 13.3 Å². The standard InChI is InChI=1S/2CH5O2P.CH4.Al/c2*1-4(2)3;;/h2*4H,1H3,(H,2,3);1H4;.